The molecule has 0 saturated heterocycles. The van der Waals surface area contributed by atoms with E-state index in [9.17, 15) is 13.6 Å². The van der Waals surface area contributed by atoms with E-state index in [1.165, 1.54) is 17.4 Å². The molecule has 1 N–H and O–H groups in total. The van der Waals surface area contributed by atoms with Gasteiger partial charge in [-0.1, -0.05) is 18.2 Å². The van der Waals surface area contributed by atoms with Crippen molar-refractivity contribution in [1.82, 2.24) is 9.97 Å². The molecule has 0 aliphatic heterocycles. The summed E-state index contributed by atoms with van der Waals surface area (Å²) in [7, 11) is 0. The zero-order chi connectivity index (χ0) is 22.5. The van der Waals surface area contributed by atoms with Crippen LogP contribution in [0, 0.1) is 6.92 Å². The third-order valence-electron chi connectivity index (χ3n) is 4.25. The van der Waals surface area contributed by atoms with Crippen LogP contribution in [0.15, 0.2) is 59.3 Å². The zero-order valence-corrected chi connectivity index (χ0v) is 18.4. The lowest BCUT2D eigenvalue weighted by atomic mass is 10.1. The maximum atomic E-state index is 12.7. The van der Waals surface area contributed by atoms with E-state index >= 15 is 0 Å². The van der Waals surface area contributed by atoms with Gasteiger partial charge in [-0.3, -0.25) is 10.1 Å². The zero-order valence-electron chi connectivity index (χ0n) is 16.7. The molecule has 0 unspecified atom stereocenters. The van der Waals surface area contributed by atoms with Gasteiger partial charge in [0.15, 0.2) is 5.13 Å². The first-order valence-electron chi connectivity index (χ1n) is 9.43. The van der Waals surface area contributed by atoms with Gasteiger partial charge in [0, 0.05) is 21.9 Å². The number of carbonyl (C=O) groups excluding carboxylic acids is 1. The monoisotopic (exact) mass is 473 g/mol. The number of thiazole rings is 2. The lowest BCUT2D eigenvalue weighted by Crippen LogP contribution is -2.11. The van der Waals surface area contributed by atoms with E-state index in [0.29, 0.717) is 34.3 Å². The number of halogens is 2. The van der Waals surface area contributed by atoms with Crippen molar-refractivity contribution in [3.63, 3.8) is 0 Å². The smallest absolute Gasteiger partial charge is 0.387 e. The second kappa shape index (κ2) is 9.84. The summed E-state index contributed by atoms with van der Waals surface area (Å²) in [6, 6.07) is 13.1. The highest BCUT2D eigenvalue weighted by Gasteiger charge is 2.15. The van der Waals surface area contributed by atoms with Gasteiger partial charge in [-0.15, -0.1) is 22.7 Å². The third-order valence-corrected chi connectivity index (χ3v) is 5.83. The number of alkyl halides is 2. The van der Waals surface area contributed by atoms with E-state index in [2.05, 4.69) is 20.0 Å². The summed E-state index contributed by atoms with van der Waals surface area (Å²) in [5, 5.41) is 7.61. The molecule has 0 aliphatic carbocycles. The largest absolute Gasteiger partial charge is 0.487 e. The molecule has 0 aliphatic rings. The molecule has 0 bridgehead atoms. The molecule has 2 aromatic carbocycles. The van der Waals surface area contributed by atoms with Crippen LogP contribution in [0.2, 0.25) is 0 Å². The Morgan fingerprint density at radius 3 is 2.72 bits per heavy atom. The van der Waals surface area contributed by atoms with Crippen LogP contribution in [-0.2, 0) is 6.61 Å². The van der Waals surface area contributed by atoms with Gasteiger partial charge in [0.05, 0.1) is 16.4 Å². The van der Waals surface area contributed by atoms with Gasteiger partial charge in [0.2, 0.25) is 0 Å². The number of amides is 1. The van der Waals surface area contributed by atoms with Gasteiger partial charge >= 0.3 is 6.61 Å². The Bertz CT molecular complexity index is 1230. The fraction of sp³-hybridized carbons (Fsp3) is 0.136. The van der Waals surface area contributed by atoms with E-state index in [-0.39, 0.29) is 11.7 Å². The number of para-hydroxylation sites is 1. The van der Waals surface area contributed by atoms with Gasteiger partial charge in [0.25, 0.3) is 5.91 Å². The van der Waals surface area contributed by atoms with Crippen LogP contribution in [0.25, 0.3) is 11.3 Å². The van der Waals surface area contributed by atoms with E-state index < -0.39 is 6.61 Å². The number of ether oxygens (including phenoxy) is 2. The van der Waals surface area contributed by atoms with Crippen LogP contribution in [0.5, 0.6) is 11.5 Å². The number of rotatable bonds is 8. The molecule has 10 heteroatoms. The van der Waals surface area contributed by atoms with Crippen molar-refractivity contribution in [3.05, 3.63) is 75.6 Å². The van der Waals surface area contributed by atoms with Crippen LogP contribution < -0.4 is 14.8 Å². The summed E-state index contributed by atoms with van der Waals surface area (Å²) >= 11 is 2.73. The van der Waals surface area contributed by atoms with Crippen molar-refractivity contribution in [2.75, 3.05) is 5.32 Å². The third kappa shape index (κ3) is 5.45. The van der Waals surface area contributed by atoms with Crippen LogP contribution in [0.1, 0.15) is 21.1 Å². The van der Waals surface area contributed by atoms with E-state index in [0.717, 1.165) is 10.7 Å². The summed E-state index contributed by atoms with van der Waals surface area (Å²) in [5.74, 6) is 0.199. The molecule has 0 atom stereocenters. The Balaban J connectivity index is 1.43. The minimum atomic E-state index is -2.94. The van der Waals surface area contributed by atoms with E-state index in [1.54, 1.807) is 59.2 Å². The SMILES string of the molecule is Cc1nc(COc2cccc(C(=O)Nc3nc(-c4ccccc4OC(F)F)cs3)c2)cs1. The number of benzene rings is 2. The molecule has 0 radical (unpaired) electrons. The number of nitrogens with one attached hydrogen (secondary N) is 1. The van der Waals surface area contributed by atoms with Crippen molar-refractivity contribution in [3.8, 4) is 22.8 Å². The molecular formula is C22H17F2N3O3S2. The number of carbonyl (C=O) groups is 1. The number of aryl methyl sites for hydroxylation is 1. The molecule has 4 rings (SSSR count). The first kappa shape index (κ1) is 21.8. The first-order chi connectivity index (χ1) is 15.5. The Kier molecular flexibility index (Phi) is 6.72. The fourth-order valence-corrected chi connectivity index (χ4v) is 4.16. The van der Waals surface area contributed by atoms with Gasteiger partial charge in [-0.25, -0.2) is 9.97 Å². The molecule has 0 spiro atoms. The van der Waals surface area contributed by atoms with Crippen LogP contribution in [-0.4, -0.2) is 22.5 Å². The van der Waals surface area contributed by atoms with Crippen molar-refractivity contribution in [2.45, 2.75) is 20.1 Å². The molecule has 6 nitrogen and oxygen atoms in total. The summed E-state index contributed by atoms with van der Waals surface area (Å²) in [5.41, 5.74) is 2.07. The van der Waals surface area contributed by atoms with Crippen LogP contribution in [0.4, 0.5) is 13.9 Å². The van der Waals surface area contributed by atoms with Crippen molar-refractivity contribution < 1.29 is 23.0 Å². The van der Waals surface area contributed by atoms with Crippen molar-refractivity contribution >= 4 is 33.7 Å². The second-order valence-corrected chi connectivity index (χ2v) is 8.46. The number of hydrogen-bond donors (Lipinski definition) is 1. The van der Waals surface area contributed by atoms with Crippen molar-refractivity contribution in [1.29, 1.82) is 0 Å². The highest BCUT2D eigenvalue weighted by atomic mass is 32.1. The molecule has 0 fully saturated rings. The Hall–Kier alpha value is -3.37. The highest BCUT2D eigenvalue weighted by Crippen LogP contribution is 2.33. The molecule has 4 aromatic rings. The molecule has 2 aromatic heterocycles. The summed E-state index contributed by atoms with van der Waals surface area (Å²) in [4.78, 5) is 21.4. The standard InChI is InChI=1S/C22H17F2N3O3S2/c1-13-25-15(11-31-13)10-29-16-6-4-5-14(9-16)20(28)27-22-26-18(12-32-22)17-7-2-3-8-19(17)30-21(23)24/h2-9,11-12,21H,10H2,1H3,(H,26,27,28). The maximum Gasteiger partial charge on any atom is 0.387 e. The van der Waals surface area contributed by atoms with Gasteiger partial charge in [-0.05, 0) is 37.3 Å². The van der Waals surface area contributed by atoms with Gasteiger partial charge in [0.1, 0.15) is 18.1 Å². The van der Waals surface area contributed by atoms with Gasteiger partial charge in [-0.2, -0.15) is 8.78 Å². The van der Waals surface area contributed by atoms with Gasteiger partial charge < -0.3 is 9.47 Å². The predicted octanol–water partition coefficient (Wildman–Crippen LogP) is 6.01. The molecular weight excluding hydrogens is 456 g/mol. The fourth-order valence-electron chi connectivity index (χ4n) is 2.86. The second-order valence-electron chi connectivity index (χ2n) is 6.54. The van der Waals surface area contributed by atoms with E-state index in [4.69, 9.17) is 4.74 Å². The predicted molar refractivity (Wildman–Crippen MR) is 120 cm³/mol. The topological polar surface area (TPSA) is 73.3 Å². The molecule has 1 amide bonds. The van der Waals surface area contributed by atoms with Crippen molar-refractivity contribution in [2.24, 2.45) is 0 Å². The lowest BCUT2D eigenvalue weighted by molar-refractivity contribution is -0.0494. The molecule has 2 heterocycles. The summed E-state index contributed by atoms with van der Waals surface area (Å²) in [6.07, 6.45) is 0. The normalized spacial score (nSPS) is 10.9. The minimum Gasteiger partial charge on any atom is -0.487 e. The average Bonchev–Trinajstić information content (AvgIpc) is 3.41. The first-order valence-corrected chi connectivity index (χ1v) is 11.2. The Morgan fingerprint density at radius 1 is 1.09 bits per heavy atom. The maximum absolute atomic E-state index is 12.7. The Morgan fingerprint density at radius 2 is 1.94 bits per heavy atom. The van der Waals surface area contributed by atoms with E-state index in [1.807, 2.05) is 12.3 Å². The summed E-state index contributed by atoms with van der Waals surface area (Å²) in [6.45, 7) is -0.707. The number of anilines is 1. The quantitative estimate of drug-likeness (QED) is 0.339. The van der Waals surface area contributed by atoms with Crippen LogP contribution in [0.3, 0.4) is 0 Å². The number of hydrogen-bond acceptors (Lipinski definition) is 7. The minimum absolute atomic E-state index is 0.0193. The Labute approximate surface area is 190 Å². The molecule has 0 saturated carbocycles. The van der Waals surface area contributed by atoms with Crippen LogP contribution >= 0.6 is 22.7 Å². The summed E-state index contributed by atoms with van der Waals surface area (Å²) < 4.78 is 35.6. The lowest BCUT2D eigenvalue weighted by Gasteiger charge is -2.08. The average molecular weight is 474 g/mol. The highest BCUT2D eigenvalue weighted by molar-refractivity contribution is 7.14. The molecule has 164 valence electrons. The molecule has 32 heavy (non-hydrogen) atoms. The number of nitrogens with zero attached hydrogens (tertiary/aromatic N) is 2. The number of aromatic nitrogens is 2.